The van der Waals surface area contributed by atoms with E-state index in [1.165, 1.54) is 23.5 Å². The highest BCUT2D eigenvalue weighted by molar-refractivity contribution is 7.19. The summed E-state index contributed by atoms with van der Waals surface area (Å²) in [5.74, 6) is 0.190. The van der Waals surface area contributed by atoms with Crippen LogP contribution in [-0.4, -0.2) is 4.98 Å². The van der Waals surface area contributed by atoms with Gasteiger partial charge in [-0.15, -0.1) is 11.3 Å². The van der Waals surface area contributed by atoms with Gasteiger partial charge in [-0.25, -0.2) is 4.39 Å². The van der Waals surface area contributed by atoms with Crippen molar-refractivity contribution in [3.63, 3.8) is 0 Å². The average molecular weight is 248 g/mol. The fourth-order valence-corrected chi connectivity index (χ4v) is 2.49. The van der Waals surface area contributed by atoms with Crippen LogP contribution in [0, 0.1) is 12.7 Å². The van der Waals surface area contributed by atoms with Gasteiger partial charge in [0, 0.05) is 10.4 Å². The first kappa shape index (κ1) is 10.3. The molecule has 0 bridgehead atoms. The standard InChI is InChI=1S/C12H9FN2OS/c1-6-9(14)10-12(17-6)15-11(16-10)7-2-4-8(13)5-3-7/h2-5H,14H2,1H3. The zero-order valence-electron chi connectivity index (χ0n) is 9.03. The molecule has 0 aliphatic carbocycles. The van der Waals surface area contributed by atoms with Gasteiger partial charge < -0.3 is 10.2 Å². The van der Waals surface area contributed by atoms with Crippen LogP contribution < -0.4 is 5.73 Å². The lowest BCUT2D eigenvalue weighted by Crippen LogP contribution is -1.82. The SMILES string of the molecule is Cc1sc2nc(-c3ccc(F)cc3)oc2c1N. The van der Waals surface area contributed by atoms with E-state index in [-0.39, 0.29) is 5.82 Å². The van der Waals surface area contributed by atoms with E-state index in [1.54, 1.807) is 12.1 Å². The summed E-state index contributed by atoms with van der Waals surface area (Å²) in [5, 5.41) is 0. The van der Waals surface area contributed by atoms with Crippen LogP contribution in [0.2, 0.25) is 0 Å². The summed E-state index contributed by atoms with van der Waals surface area (Å²) in [5.41, 5.74) is 7.86. The Kier molecular flexibility index (Phi) is 2.16. The Labute approximate surface area is 101 Å². The first-order chi connectivity index (χ1) is 8.15. The van der Waals surface area contributed by atoms with Gasteiger partial charge in [0.1, 0.15) is 5.82 Å². The van der Waals surface area contributed by atoms with Crippen LogP contribution in [0.15, 0.2) is 28.7 Å². The molecule has 0 saturated heterocycles. The molecule has 0 amide bonds. The zero-order valence-corrected chi connectivity index (χ0v) is 9.84. The van der Waals surface area contributed by atoms with Gasteiger partial charge in [-0.1, -0.05) is 0 Å². The molecule has 2 heterocycles. The molecular weight excluding hydrogens is 239 g/mol. The van der Waals surface area contributed by atoms with Crippen molar-refractivity contribution in [2.45, 2.75) is 6.92 Å². The molecule has 2 N–H and O–H groups in total. The van der Waals surface area contributed by atoms with E-state index in [0.29, 0.717) is 17.2 Å². The van der Waals surface area contributed by atoms with Crippen LogP contribution in [0.25, 0.3) is 21.9 Å². The number of hydrogen-bond donors (Lipinski definition) is 1. The van der Waals surface area contributed by atoms with Crippen LogP contribution in [0.4, 0.5) is 10.1 Å². The first-order valence-corrected chi connectivity index (χ1v) is 5.88. The monoisotopic (exact) mass is 248 g/mol. The Bertz CT molecular complexity index is 684. The number of nitrogen functional groups attached to an aromatic ring is 1. The van der Waals surface area contributed by atoms with E-state index in [4.69, 9.17) is 10.2 Å². The lowest BCUT2D eigenvalue weighted by molar-refractivity contribution is 0.617. The van der Waals surface area contributed by atoms with E-state index in [2.05, 4.69) is 4.98 Å². The number of halogens is 1. The summed E-state index contributed by atoms with van der Waals surface area (Å²) < 4.78 is 18.4. The van der Waals surface area contributed by atoms with Gasteiger partial charge in [0.05, 0.1) is 5.69 Å². The van der Waals surface area contributed by atoms with Gasteiger partial charge in [0.2, 0.25) is 5.89 Å². The van der Waals surface area contributed by atoms with E-state index < -0.39 is 0 Å². The number of hydrogen-bond acceptors (Lipinski definition) is 4. The number of fused-ring (bicyclic) bond motifs is 1. The third-order valence-corrected chi connectivity index (χ3v) is 3.56. The molecule has 0 unspecified atom stereocenters. The fourth-order valence-electron chi connectivity index (χ4n) is 1.62. The maximum Gasteiger partial charge on any atom is 0.228 e. The van der Waals surface area contributed by atoms with Gasteiger partial charge in [0.15, 0.2) is 10.4 Å². The van der Waals surface area contributed by atoms with Crippen molar-refractivity contribution in [3.8, 4) is 11.5 Å². The van der Waals surface area contributed by atoms with Gasteiger partial charge in [-0.3, -0.25) is 0 Å². The summed E-state index contributed by atoms with van der Waals surface area (Å²) in [4.78, 5) is 6.12. The molecular formula is C12H9FN2OS. The van der Waals surface area contributed by atoms with Crippen molar-refractivity contribution in [2.75, 3.05) is 5.73 Å². The number of aromatic nitrogens is 1. The molecule has 0 radical (unpaired) electrons. The first-order valence-electron chi connectivity index (χ1n) is 5.06. The van der Waals surface area contributed by atoms with E-state index in [0.717, 1.165) is 15.3 Å². The number of aryl methyl sites for hydroxylation is 1. The molecule has 1 aromatic carbocycles. The summed E-state index contributed by atoms with van der Waals surface area (Å²) in [6.45, 7) is 1.93. The zero-order chi connectivity index (χ0) is 12.0. The van der Waals surface area contributed by atoms with Gasteiger partial charge in [0.25, 0.3) is 0 Å². The van der Waals surface area contributed by atoms with Crippen LogP contribution in [0.1, 0.15) is 4.88 Å². The van der Waals surface area contributed by atoms with Crippen LogP contribution in [-0.2, 0) is 0 Å². The molecule has 0 atom stereocenters. The molecule has 0 aliphatic heterocycles. The second-order valence-corrected chi connectivity index (χ2v) is 4.94. The Morgan fingerprint density at radius 2 is 2.00 bits per heavy atom. The Hall–Kier alpha value is -1.88. The molecule has 2 aromatic heterocycles. The smallest absolute Gasteiger partial charge is 0.228 e. The van der Waals surface area contributed by atoms with Crippen LogP contribution >= 0.6 is 11.3 Å². The van der Waals surface area contributed by atoms with Gasteiger partial charge in [-0.2, -0.15) is 4.98 Å². The third kappa shape index (κ3) is 1.59. The average Bonchev–Trinajstić information content (AvgIpc) is 2.82. The number of rotatable bonds is 1. The largest absolute Gasteiger partial charge is 0.433 e. The van der Waals surface area contributed by atoms with Crippen molar-refractivity contribution in [3.05, 3.63) is 35.0 Å². The predicted molar refractivity (Wildman–Crippen MR) is 66.4 cm³/mol. The maximum absolute atomic E-state index is 12.8. The second kappa shape index (κ2) is 3.56. The number of anilines is 1. The summed E-state index contributed by atoms with van der Waals surface area (Å²) >= 11 is 1.49. The minimum Gasteiger partial charge on any atom is -0.433 e. The maximum atomic E-state index is 12.8. The molecule has 17 heavy (non-hydrogen) atoms. The number of nitrogens with two attached hydrogens (primary N) is 1. The normalized spacial score (nSPS) is 11.2. The molecule has 86 valence electrons. The summed E-state index contributed by atoms with van der Waals surface area (Å²) in [7, 11) is 0. The minimum atomic E-state index is -0.280. The fraction of sp³-hybridized carbons (Fsp3) is 0.0833. The Balaban J connectivity index is 2.15. The molecule has 0 spiro atoms. The Morgan fingerprint density at radius 3 is 2.65 bits per heavy atom. The lowest BCUT2D eigenvalue weighted by atomic mass is 10.2. The highest BCUT2D eigenvalue weighted by Crippen LogP contribution is 2.35. The third-order valence-electron chi connectivity index (χ3n) is 2.56. The molecule has 3 aromatic rings. The predicted octanol–water partition coefficient (Wildman–Crippen LogP) is 3.59. The number of nitrogens with zero attached hydrogens (tertiary/aromatic N) is 1. The molecule has 3 rings (SSSR count). The van der Waals surface area contributed by atoms with Crippen molar-refractivity contribution in [1.29, 1.82) is 0 Å². The van der Waals surface area contributed by atoms with Gasteiger partial charge in [-0.05, 0) is 31.2 Å². The van der Waals surface area contributed by atoms with E-state index >= 15 is 0 Å². The Morgan fingerprint density at radius 1 is 1.29 bits per heavy atom. The molecule has 0 saturated carbocycles. The topological polar surface area (TPSA) is 52.0 Å². The number of benzene rings is 1. The quantitative estimate of drug-likeness (QED) is 0.716. The molecule has 5 heteroatoms. The minimum absolute atomic E-state index is 0.280. The van der Waals surface area contributed by atoms with Crippen molar-refractivity contribution in [2.24, 2.45) is 0 Å². The van der Waals surface area contributed by atoms with E-state index in [9.17, 15) is 4.39 Å². The molecule has 0 fully saturated rings. The van der Waals surface area contributed by atoms with Crippen molar-refractivity contribution >= 4 is 27.4 Å². The van der Waals surface area contributed by atoms with Crippen molar-refractivity contribution in [1.82, 2.24) is 4.98 Å². The van der Waals surface area contributed by atoms with E-state index in [1.807, 2.05) is 6.92 Å². The molecule has 3 nitrogen and oxygen atoms in total. The molecule has 0 aliphatic rings. The van der Waals surface area contributed by atoms with Gasteiger partial charge >= 0.3 is 0 Å². The van der Waals surface area contributed by atoms with Crippen molar-refractivity contribution < 1.29 is 8.81 Å². The highest BCUT2D eigenvalue weighted by atomic mass is 32.1. The lowest BCUT2D eigenvalue weighted by Gasteiger charge is -1.94. The second-order valence-electron chi connectivity index (χ2n) is 3.73. The van der Waals surface area contributed by atoms with Crippen LogP contribution in [0.5, 0.6) is 0 Å². The summed E-state index contributed by atoms with van der Waals surface area (Å²) in [6.07, 6.45) is 0. The number of thiophene rings is 1. The summed E-state index contributed by atoms with van der Waals surface area (Å²) in [6, 6.07) is 6.02. The van der Waals surface area contributed by atoms with Crippen LogP contribution in [0.3, 0.4) is 0 Å². The number of oxazole rings is 1. The highest BCUT2D eigenvalue weighted by Gasteiger charge is 2.14.